The highest BCUT2D eigenvalue weighted by atomic mass is 127. The van der Waals surface area contributed by atoms with Gasteiger partial charge in [0.2, 0.25) is 0 Å². The molecule has 1 aromatic rings. The van der Waals surface area contributed by atoms with Gasteiger partial charge in [-0.05, 0) is 45.5 Å². The second kappa shape index (κ2) is 12.9. The Balaban J connectivity index is 0.00000341. The Morgan fingerprint density at radius 2 is 2.00 bits per heavy atom. The van der Waals surface area contributed by atoms with Crippen LogP contribution in [0.15, 0.2) is 23.2 Å². The van der Waals surface area contributed by atoms with Gasteiger partial charge >= 0.3 is 0 Å². The van der Waals surface area contributed by atoms with Gasteiger partial charge in [-0.1, -0.05) is 11.6 Å². The molecule has 7 nitrogen and oxygen atoms in total. The lowest BCUT2D eigenvalue weighted by molar-refractivity contribution is 0.122. The molecule has 0 aromatic heterocycles. The van der Waals surface area contributed by atoms with Gasteiger partial charge in [-0.15, -0.1) is 24.0 Å². The van der Waals surface area contributed by atoms with Crippen LogP contribution in [0, 0.1) is 0 Å². The van der Waals surface area contributed by atoms with Gasteiger partial charge < -0.3 is 25.2 Å². The molecule has 31 heavy (non-hydrogen) atoms. The Kier molecular flexibility index (Phi) is 10.9. The normalized spacial score (nSPS) is 21.5. The largest absolute Gasteiger partial charge is 0.495 e. The summed E-state index contributed by atoms with van der Waals surface area (Å²) in [5.41, 5.74) is 1.06. The monoisotopic (exact) mass is 564 g/mol. The molecule has 0 bridgehead atoms. The van der Waals surface area contributed by atoms with Crippen molar-refractivity contribution in [2.24, 2.45) is 4.99 Å². The van der Waals surface area contributed by atoms with Gasteiger partial charge in [0.05, 0.1) is 19.3 Å². The molecule has 2 saturated heterocycles. The minimum absolute atomic E-state index is 0. The van der Waals surface area contributed by atoms with Gasteiger partial charge in [0.15, 0.2) is 5.96 Å². The molecule has 0 aliphatic carbocycles. The summed E-state index contributed by atoms with van der Waals surface area (Å²) in [5, 5.41) is 7.77. The number of hydrogen-bond acceptors (Lipinski definition) is 5. The maximum absolute atomic E-state index is 6.22. The van der Waals surface area contributed by atoms with E-state index in [-0.39, 0.29) is 24.0 Å². The molecule has 0 spiro atoms. The lowest BCUT2D eigenvalue weighted by atomic mass is 10.2. The first-order chi connectivity index (χ1) is 14.5. The van der Waals surface area contributed by atoms with Gasteiger partial charge in [0, 0.05) is 62.9 Å². The van der Waals surface area contributed by atoms with E-state index >= 15 is 0 Å². The molecule has 0 saturated carbocycles. The van der Waals surface area contributed by atoms with Crippen LogP contribution in [-0.4, -0.2) is 94.4 Å². The van der Waals surface area contributed by atoms with Crippen molar-refractivity contribution < 1.29 is 4.74 Å². The quantitative estimate of drug-likeness (QED) is 0.302. The number of piperazine rings is 1. The number of rotatable bonds is 7. The van der Waals surface area contributed by atoms with Gasteiger partial charge in [-0.25, -0.2) is 0 Å². The molecule has 2 N–H and O–H groups in total. The highest BCUT2D eigenvalue weighted by Crippen LogP contribution is 2.33. The summed E-state index contributed by atoms with van der Waals surface area (Å²) in [6.07, 6.45) is 1.05. The number of methoxy groups -OCH3 is 1. The molecule has 0 radical (unpaired) electrons. The zero-order valence-corrected chi connectivity index (χ0v) is 22.3. The van der Waals surface area contributed by atoms with Crippen LogP contribution >= 0.6 is 35.6 Å². The number of likely N-dealkylation sites (N-methyl/N-ethyl adjacent to an activating group) is 1. The molecule has 1 aromatic carbocycles. The summed E-state index contributed by atoms with van der Waals surface area (Å²) in [6, 6.07) is 6.58. The summed E-state index contributed by atoms with van der Waals surface area (Å²) in [5.74, 6) is 1.77. The Labute approximate surface area is 209 Å². The fourth-order valence-corrected chi connectivity index (χ4v) is 4.29. The van der Waals surface area contributed by atoms with Crippen molar-refractivity contribution in [3.8, 4) is 5.75 Å². The predicted octanol–water partition coefficient (Wildman–Crippen LogP) is 2.74. The summed E-state index contributed by atoms with van der Waals surface area (Å²) in [6.45, 7) is 12.4. The van der Waals surface area contributed by atoms with E-state index in [1.807, 2.05) is 18.2 Å². The molecular weight excluding hydrogens is 527 g/mol. The zero-order chi connectivity index (χ0) is 21.5. The molecule has 2 aliphatic rings. The minimum atomic E-state index is 0. The van der Waals surface area contributed by atoms with E-state index in [1.54, 1.807) is 7.11 Å². The molecular formula is C22H38ClIN6O. The van der Waals surface area contributed by atoms with Crippen molar-refractivity contribution in [1.82, 2.24) is 20.4 Å². The van der Waals surface area contributed by atoms with Crippen molar-refractivity contribution in [3.05, 3.63) is 23.2 Å². The smallest absolute Gasteiger partial charge is 0.191 e. The van der Waals surface area contributed by atoms with Crippen LogP contribution in [0.3, 0.4) is 0 Å². The molecule has 2 unspecified atom stereocenters. The summed E-state index contributed by atoms with van der Waals surface area (Å²) >= 11 is 6.22. The van der Waals surface area contributed by atoms with Crippen LogP contribution in [0.25, 0.3) is 0 Å². The third-order valence-corrected chi connectivity index (χ3v) is 6.26. The molecule has 9 heteroatoms. The lowest BCUT2D eigenvalue weighted by Crippen LogP contribution is -2.49. The fraction of sp³-hybridized carbons (Fsp3) is 0.682. The molecule has 2 aliphatic heterocycles. The van der Waals surface area contributed by atoms with Crippen molar-refractivity contribution >= 4 is 47.2 Å². The second-order valence-corrected chi connectivity index (χ2v) is 8.74. The summed E-state index contributed by atoms with van der Waals surface area (Å²) < 4.78 is 5.53. The van der Waals surface area contributed by atoms with E-state index in [1.165, 1.54) is 0 Å². The van der Waals surface area contributed by atoms with E-state index in [9.17, 15) is 0 Å². The Hall–Kier alpha value is -0.970. The van der Waals surface area contributed by atoms with Crippen molar-refractivity contribution in [2.45, 2.75) is 32.4 Å². The molecule has 2 heterocycles. The van der Waals surface area contributed by atoms with Crippen LogP contribution in [0.5, 0.6) is 5.75 Å². The number of ether oxygens (including phenoxy) is 1. The van der Waals surface area contributed by atoms with Crippen LogP contribution in [0.1, 0.15) is 20.3 Å². The highest BCUT2D eigenvalue weighted by molar-refractivity contribution is 14.0. The van der Waals surface area contributed by atoms with Crippen molar-refractivity contribution in [1.29, 1.82) is 0 Å². The number of benzene rings is 1. The summed E-state index contributed by atoms with van der Waals surface area (Å²) in [7, 11) is 3.90. The second-order valence-electron chi connectivity index (χ2n) is 8.30. The van der Waals surface area contributed by atoms with Crippen LogP contribution in [-0.2, 0) is 0 Å². The molecule has 2 fully saturated rings. The third kappa shape index (κ3) is 7.54. The Morgan fingerprint density at radius 1 is 1.26 bits per heavy atom. The van der Waals surface area contributed by atoms with E-state index in [0.29, 0.717) is 12.1 Å². The zero-order valence-electron chi connectivity index (χ0n) is 19.2. The van der Waals surface area contributed by atoms with Gasteiger partial charge in [0.1, 0.15) is 5.75 Å². The standard InChI is InChI=1S/C22H37ClN6O.HI/c1-5-24-22(25-15-17(2)28-12-10-27(3)11-13-28)26-19-8-9-29(16-19)20-14-18(23)6-7-21(20)30-4;/h6-7,14,17,19H,5,8-13,15-16H2,1-4H3,(H2,24,25,26);1H. The predicted molar refractivity (Wildman–Crippen MR) is 142 cm³/mol. The number of anilines is 1. The van der Waals surface area contributed by atoms with E-state index in [0.717, 1.165) is 81.2 Å². The molecule has 3 rings (SSSR count). The molecule has 176 valence electrons. The lowest BCUT2D eigenvalue weighted by Gasteiger charge is -2.36. The van der Waals surface area contributed by atoms with Crippen LogP contribution in [0.4, 0.5) is 5.69 Å². The third-order valence-electron chi connectivity index (χ3n) is 6.03. The van der Waals surface area contributed by atoms with Crippen molar-refractivity contribution in [3.63, 3.8) is 0 Å². The summed E-state index contributed by atoms with van der Waals surface area (Å²) in [4.78, 5) is 12.1. The van der Waals surface area contributed by atoms with E-state index < -0.39 is 0 Å². The number of guanidine groups is 1. The van der Waals surface area contributed by atoms with Crippen molar-refractivity contribution in [2.75, 3.05) is 71.4 Å². The Bertz CT molecular complexity index is 713. The minimum Gasteiger partial charge on any atom is -0.495 e. The van der Waals surface area contributed by atoms with Gasteiger partial charge in [-0.3, -0.25) is 9.89 Å². The van der Waals surface area contributed by atoms with Crippen LogP contribution in [0.2, 0.25) is 5.02 Å². The van der Waals surface area contributed by atoms with Gasteiger partial charge in [-0.2, -0.15) is 0 Å². The number of halogens is 2. The van der Waals surface area contributed by atoms with Crippen LogP contribution < -0.4 is 20.3 Å². The Morgan fingerprint density at radius 3 is 2.68 bits per heavy atom. The number of nitrogens with zero attached hydrogens (tertiary/aromatic N) is 4. The van der Waals surface area contributed by atoms with E-state index in [2.05, 4.69) is 46.2 Å². The SMILES string of the molecule is CCNC(=NCC(C)N1CCN(C)CC1)NC1CCN(c2cc(Cl)ccc2OC)C1.I. The van der Waals surface area contributed by atoms with E-state index in [4.69, 9.17) is 21.3 Å². The maximum Gasteiger partial charge on any atom is 0.191 e. The molecule has 0 amide bonds. The highest BCUT2D eigenvalue weighted by Gasteiger charge is 2.26. The van der Waals surface area contributed by atoms with Gasteiger partial charge in [0.25, 0.3) is 0 Å². The topological polar surface area (TPSA) is 55.4 Å². The number of aliphatic imine (C=N–C) groups is 1. The number of hydrogen-bond donors (Lipinski definition) is 2. The molecule has 2 atom stereocenters. The first-order valence-electron chi connectivity index (χ1n) is 11.1. The fourth-order valence-electron chi connectivity index (χ4n) is 4.12. The first kappa shape index (κ1) is 26.3. The first-order valence-corrected chi connectivity index (χ1v) is 11.4. The average Bonchev–Trinajstić information content (AvgIpc) is 3.21. The average molecular weight is 565 g/mol. The maximum atomic E-state index is 6.22. The number of nitrogens with one attached hydrogen (secondary N) is 2.